The molecule has 0 bridgehead atoms. The predicted octanol–water partition coefficient (Wildman–Crippen LogP) is 4.14. The predicted molar refractivity (Wildman–Crippen MR) is 94.8 cm³/mol. The molecule has 0 unspecified atom stereocenters. The van der Waals surface area contributed by atoms with Crippen LogP contribution < -0.4 is 0 Å². The third-order valence-electron chi connectivity index (χ3n) is 4.24. The first kappa shape index (κ1) is 16.1. The van der Waals surface area contributed by atoms with E-state index < -0.39 is 0 Å². The van der Waals surface area contributed by atoms with Crippen LogP contribution in [0.2, 0.25) is 0 Å². The number of aromatic amines is 1. The summed E-state index contributed by atoms with van der Waals surface area (Å²) in [6, 6.07) is 9.96. The molecule has 0 saturated carbocycles. The third kappa shape index (κ3) is 3.21. The highest BCUT2D eigenvalue weighted by Gasteiger charge is 2.19. The van der Waals surface area contributed by atoms with Gasteiger partial charge in [-0.2, -0.15) is 0 Å². The summed E-state index contributed by atoms with van der Waals surface area (Å²) in [6.45, 7) is 0.724. The molecule has 0 radical (unpaired) electrons. The highest BCUT2D eigenvalue weighted by atomic mass is 19.1. The van der Waals surface area contributed by atoms with Gasteiger partial charge >= 0.3 is 0 Å². The van der Waals surface area contributed by atoms with Crippen molar-refractivity contribution >= 4 is 16.8 Å². The molecule has 0 spiro atoms. The largest absolute Gasteiger partial charge is 0.472 e. The van der Waals surface area contributed by atoms with E-state index in [2.05, 4.69) is 9.97 Å². The van der Waals surface area contributed by atoms with Crippen LogP contribution in [0.1, 0.15) is 21.5 Å². The van der Waals surface area contributed by atoms with E-state index >= 15 is 0 Å². The Hall–Kier alpha value is -3.41. The van der Waals surface area contributed by atoms with Crippen LogP contribution in [0, 0.1) is 5.82 Å². The minimum atomic E-state index is -0.307. The van der Waals surface area contributed by atoms with Crippen molar-refractivity contribution in [2.75, 3.05) is 0 Å². The fourth-order valence-electron chi connectivity index (χ4n) is 2.97. The topological polar surface area (TPSA) is 62.1 Å². The van der Waals surface area contributed by atoms with Crippen molar-refractivity contribution < 1.29 is 13.6 Å². The summed E-state index contributed by atoms with van der Waals surface area (Å²) in [6.07, 6.45) is 8.12. The molecule has 0 atom stereocenters. The summed E-state index contributed by atoms with van der Waals surface area (Å²) in [7, 11) is 0. The van der Waals surface area contributed by atoms with Gasteiger partial charge in [0.1, 0.15) is 12.1 Å². The average Bonchev–Trinajstić information content (AvgIpc) is 3.32. The number of fused-ring (bicyclic) bond motifs is 1. The van der Waals surface area contributed by atoms with Gasteiger partial charge in [-0.05, 0) is 41.5 Å². The highest BCUT2D eigenvalue weighted by Crippen LogP contribution is 2.22. The number of aromatic nitrogens is 2. The minimum Gasteiger partial charge on any atom is -0.472 e. The quantitative estimate of drug-likeness (QED) is 0.589. The molecule has 1 N–H and O–H groups in total. The van der Waals surface area contributed by atoms with Crippen molar-refractivity contribution in [2.45, 2.75) is 13.1 Å². The molecule has 5 nitrogen and oxygen atoms in total. The van der Waals surface area contributed by atoms with E-state index in [0.29, 0.717) is 18.7 Å². The number of benzene rings is 1. The standard InChI is InChI=1S/C20H16FN3O2/c21-17-3-4-19-18(8-17)16(10-23-19)12-24(11-14-2-1-6-22-9-14)20(25)15-5-7-26-13-15/h1-10,13,23H,11-12H2. The van der Waals surface area contributed by atoms with Gasteiger partial charge in [0, 0.05) is 42.6 Å². The molecule has 0 fully saturated rings. The van der Waals surface area contributed by atoms with Crippen molar-refractivity contribution in [2.24, 2.45) is 0 Å². The molecule has 26 heavy (non-hydrogen) atoms. The van der Waals surface area contributed by atoms with E-state index in [-0.39, 0.29) is 11.7 Å². The summed E-state index contributed by atoms with van der Waals surface area (Å²) < 4.78 is 18.7. The van der Waals surface area contributed by atoms with Crippen LogP contribution in [0.3, 0.4) is 0 Å². The second-order valence-electron chi connectivity index (χ2n) is 6.04. The summed E-state index contributed by atoms with van der Waals surface area (Å²) in [5.74, 6) is -0.466. The van der Waals surface area contributed by atoms with E-state index in [1.165, 1.54) is 24.7 Å². The maximum Gasteiger partial charge on any atom is 0.257 e. The van der Waals surface area contributed by atoms with Gasteiger partial charge in [-0.25, -0.2) is 4.39 Å². The number of halogens is 1. The van der Waals surface area contributed by atoms with Crippen LogP contribution in [0.25, 0.3) is 10.9 Å². The number of rotatable bonds is 5. The molecule has 0 aliphatic carbocycles. The Morgan fingerprint density at radius 1 is 1.23 bits per heavy atom. The van der Waals surface area contributed by atoms with E-state index in [1.807, 2.05) is 18.3 Å². The number of hydrogen-bond donors (Lipinski definition) is 1. The van der Waals surface area contributed by atoms with Crippen molar-refractivity contribution in [1.29, 1.82) is 0 Å². The summed E-state index contributed by atoms with van der Waals surface area (Å²) in [5.41, 5.74) is 3.06. The molecule has 4 rings (SSSR count). The van der Waals surface area contributed by atoms with Crippen LogP contribution in [-0.4, -0.2) is 20.8 Å². The Kier molecular flexibility index (Phi) is 4.23. The lowest BCUT2D eigenvalue weighted by molar-refractivity contribution is 0.0730. The van der Waals surface area contributed by atoms with Crippen LogP contribution in [-0.2, 0) is 13.1 Å². The van der Waals surface area contributed by atoms with Crippen molar-refractivity contribution in [3.05, 3.63) is 90.0 Å². The second-order valence-corrected chi connectivity index (χ2v) is 6.04. The molecule has 130 valence electrons. The number of H-pyrrole nitrogens is 1. The molecule has 1 aromatic carbocycles. The number of amides is 1. The molecule has 4 aromatic rings. The maximum absolute atomic E-state index is 13.6. The lowest BCUT2D eigenvalue weighted by Gasteiger charge is -2.22. The van der Waals surface area contributed by atoms with Gasteiger partial charge in [-0.15, -0.1) is 0 Å². The number of carbonyl (C=O) groups excluding carboxylic acids is 1. The van der Waals surface area contributed by atoms with Gasteiger partial charge in [0.2, 0.25) is 0 Å². The highest BCUT2D eigenvalue weighted by molar-refractivity contribution is 5.94. The maximum atomic E-state index is 13.6. The lowest BCUT2D eigenvalue weighted by Crippen LogP contribution is -2.29. The van der Waals surface area contributed by atoms with Gasteiger partial charge in [0.05, 0.1) is 11.8 Å². The van der Waals surface area contributed by atoms with Crippen molar-refractivity contribution in [3.8, 4) is 0 Å². The molecule has 1 amide bonds. The number of pyridine rings is 1. The van der Waals surface area contributed by atoms with Crippen LogP contribution in [0.5, 0.6) is 0 Å². The summed E-state index contributed by atoms with van der Waals surface area (Å²) >= 11 is 0. The minimum absolute atomic E-state index is 0.159. The molecular weight excluding hydrogens is 333 g/mol. The fraction of sp³-hybridized carbons (Fsp3) is 0.100. The first-order valence-electron chi connectivity index (χ1n) is 8.16. The van der Waals surface area contributed by atoms with E-state index in [1.54, 1.807) is 29.4 Å². The fourth-order valence-corrected chi connectivity index (χ4v) is 2.97. The first-order valence-corrected chi connectivity index (χ1v) is 8.16. The smallest absolute Gasteiger partial charge is 0.257 e. The normalized spacial score (nSPS) is 11.0. The summed E-state index contributed by atoms with van der Waals surface area (Å²) in [4.78, 5) is 21.8. The average molecular weight is 349 g/mol. The zero-order chi connectivity index (χ0) is 17.9. The zero-order valence-corrected chi connectivity index (χ0v) is 13.9. The first-order chi connectivity index (χ1) is 12.7. The lowest BCUT2D eigenvalue weighted by atomic mass is 10.1. The number of furan rings is 1. The van der Waals surface area contributed by atoms with Crippen molar-refractivity contribution in [1.82, 2.24) is 14.9 Å². The Morgan fingerprint density at radius 3 is 2.92 bits per heavy atom. The van der Waals surface area contributed by atoms with Gasteiger partial charge in [-0.1, -0.05) is 6.07 Å². The van der Waals surface area contributed by atoms with Crippen LogP contribution in [0.15, 0.2) is 71.9 Å². The van der Waals surface area contributed by atoms with Gasteiger partial charge in [0.15, 0.2) is 0 Å². The van der Waals surface area contributed by atoms with Gasteiger partial charge in [-0.3, -0.25) is 9.78 Å². The third-order valence-corrected chi connectivity index (χ3v) is 4.24. The molecule has 3 heterocycles. The number of nitrogens with one attached hydrogen (secondary N) is 1. The molecular formula is C20H16FN3O2. The van der Waals surface area contributed by atoms with Gasteiger partial charge < -0.3 is 14.3 Å². The van der Waals surface area contributed by atoms with Gasteiger partial charge in [0.25, 0.3) is 5.91 Å². The molecule has 0 aliphatic rings. The van der Waals surface area contributed by atoms with Crippen LogP contribution >= 0.6 is 0 Å². The van der Waals surface area contributed by atoms with Crippen LogP contribution in [0.4, 0.5) is 4.39 Å². The number of hydrogen-bond acceptors (Lipinski definition) is 3. The Bertz CT molecular complexity index is 1030. The molecule has 6 heteroatoms. The Balaban J connectivity index is 1.67. The molecule has 0 saturated heterocycles. The number of carbonyl (C=O) groups is 1. The Morgan fingerprint density at radius 2 is 2.15 bits per heavy atom. The summed E-state index contributed by atoms with van der Waals surface area (Å²) in [5, 5.41) is 0.765. The second kappa shape index (κ2) is 6.84. The zero-order valence-electron chi connectivity index (χ0n) is 13.9. The Labute approximate surface area is 149 Å². The van der Waals surface area contributed by atoms with E-state index in [4.69, 9.17) is 4.42 Å². The SMILES string of the molecule is O=C(c1ccoc1)N(Cc1cccnc1)Cc1c[nH]c2ccc(F)cc12. The molecule has 3 aromatic heterocycles. The van der Waals surface area contributed by atoms with Crippen molar-refractivity contribution in [3.63, 3.8) is 0 Å². The van der Waals surface area contributed by atoms with E-state index in [0.717, 1.165) is 22.0 Å². The monoisotopic (exact) mass is 349 g/mol. The van der Waals surface area contributed by atoms with E-state index in [9.17, 15) is 9.18 Å². The number of nitrogens with zero attached hydrogens (tertiary/aromatic N) is 2. The molecule has 0 aliphatic heterocycles.